The zero-order valence-electron chi connectivity index (χ0n) is 16.2. The van der Waals surface area contributed by atoms with Crippen molar-refractivity contribution in [3.8, 4) is 6.07 Å². The van der Waals surface area contributed by atoms with Crippen LogP contribution in [0.15, 0.2) is 47.5 Å². The van der Waals surface area contributed by atoms with E-state index in [4.69, 9.17) is 11.0 Å². The normalized spacial score (nSPS) is 9.88. The van der Waals surface area contributed by atoms with Crippen LogP contribution in [0.5, 0.6) is 0 Å². The molecule has 2 heterocycles. The minimum absolute atomic E-state index is 0.282. The number of rotatable bonds is 3. The second-order valence-corrected chi connectivity index (χ2v) is 5.85. The summed E-state index contributed by atoms with van der Waals surface area (Å²) < 4.78 is 0.971. The lowest BCUT2D eigenvalue weighted by Gasteiger charge is -2.17. The minimum Gasteiger partial charge on any atom is -0.397 e. The maximum atomic E-state index is 8.73. The topological polar surface area (TPSA) is 75.6 Å². The van der Waals surface area contributed by atoms with E-state index >= 15 is 0 Å². The fraction of sp³-hybridized carbons (Fsp3) is 0.450. The van der Waals surface area contributed by atoms with Gasteiger partial charge in [0.1, 0.15) is 0 Å². The molecule has 4 nitrogen and oxygen atoms in total. The molecule has 2 rings (SSSR count). The molecule has 0 aliphatic carbocycles. The van der Waals surface area contributed by atoms with Crippen molar-refractivity contribution in [3.63, 3.8) is 0 Å². The SMILES string of the molecule is CC.CC.CC(C)C(CC#N)c1cncc(Br)c1.Nc1cccnc1. The number of nitriles is 1. The maximum Gasteiger partial charge on any atom is 0.0628 e. The smallest absolute Gasteiger partial charge is 0.0628 e. The van der Waals surface area contributed by atoms with Crippen molar-refractivity contribution in [2.45, 2.75) is 53.9 Å². The molecule has 1 unspecified atom stereocenters. The molecular formula is C20H31BrN4. The highest BCUT2D eigenvalue weighted by molar-refractivity contribution is 9.10. The number of anilines is 1. The van der Waals surface area contributed by atoms with Gasteiger partial charge in [-0.1, -0.05) is 41.5 Å². The maximum absolute atomic E-state index is 8.73. The predicted octanol–water partition coefficient (Wildman–Crippen LogP) is 6.21. The lowest BCUT2D eigenvalue weighted by Crippen LogP contribution is -2.06. The molecule has 25 heavy (non-hydrogen) atoms. The average molecular weight is 407 g/mol. The fourth-order valence-corrected chi connectivity index (χ4v) is 2.23. The van der Waals surface area contributed by atoms with Crippen LogP contribution in [0, 0.1) is 17.2 Å². The van der Waals surface area contributed by atoms with Crippen molar-refractivity contribution >= 4 is 21.6 Å². The molecule has 1 atom stereocenters. The second kappa shape index (κ2) is 16.9. The van der Waals surface area contributed by atoms with Crippen molar-refractivity contribution < 1.29 is 0 Å². The summed E-state index contributed by atoms with van der Waals surface area (Å²) in [5, 5.41) is 8.73. The fourth-order valence-electron chi connectivity index (χ4n) is 1.84. The zero-order valence-corrected chi connectivity index (χ0v) is 17.8. The average Bonchev–Trinajstić information content (AvgIpc) is 2.64. The Morgan fingerprint density at radius 3 is 2.12 bits per heavy atom. The lowest BCUT2D eigenvalue weighted by molar-refractivity contribution is 0.504. The summed E-state index contributed by atoms with van der Waals surface area (Å²) in [6.45, 7) is 12.3. The molecule has 0 aliphatic rings. The Balaban J connectivity index is 0. The van der Waals surface area contributed by atoms with Gasteiger partial charge in [-0.05, 0) is 45.6 Å². The number of pyridine rings is 2. The number of nitrogen functional groups attached to an aromatic ring is 1. The molecule has 0 saturated carbocycles. The van der Waals surface area contributed by atoms with E-state index in [1.807, 2.05) is 40.0 Å². The molecule has 0 saturated heterocycles. The molecule has 2 aromatic rings. The van der Waals surface area contributed by atoms with Gasteiger partial charge in [0.15, 0.2) is 0 Å². The van der Waals surface area contributed by atoms with E-state index in [-0.39, 0.29) is 5.92 Å². The van der Waals surface area contributed by atoms with Crippen molar-refractivity contribution in [2.24, 2.45) is 5.92 Å². The summed E-state index contributed by atoms with van der Waals surface area (Å²) in [5.74, 6) is 0.746. The van der Waals surface area contributed by atoms with E-state index in [2.05, 4.69) is 45.8 Å². The highest BCUT2D eigenvalue weighted by atomic mass is 79.9. The van der Waals surface area contributed by atoms with Gasteiger partial charge in [0.25, 0.3) is 0 Å². The van der Waals surface area contributed by atoms with E-state index < -0.39 is 0 Å². The second-order valence-electron chi connectivity index (χ2n) is 4.94. The quantitative estimate of drug-likeness (QED) is 0.656. The van der Waals surface area contributed by atoms with Crippen LogP contribution in [-0.4, -0.2) is 9.97 Å². The van der Waals surface area contributed by atoms with Crippen molar-refractivity contribution in [3.05, 3.63) is 53.0 Å². The third-order valence-corrected chi connectivity index (χ3v) is 3.39. The van der Waals surface area contributed by atoms with Crippen LogP contribution >= 0.6 is 15.9 Å². The number of hydrogen-bond donors (Lipinski definition) is 1. The first-order valence-electron chi connectivity index (χ1n) is 8.67. The summed E-state index contributed by atoms with van der Waals surface area (Å²) in [4.78, 5) is 7.87. The first-order chi connectivity index (χ1) is 12.0. The monoisotopic (exact) mass is 406 g/mol. The summed E-state index contributed by atoms with van der Waals surface area (Å²) in [7, 11) is 0. The summed E-state index contributed by atoms with van der Waals surface area (Å²) in [6.07, 6.45) is 7.45. The predicted molar refractivity (Wildman–Crippen MR) is 111 cm³/mol. The highest BCUT2D eigenvalue weighted by Gasteiger charge is 2.15. The van der Waals surface area contributed by atoms with Crippen LogP contribution in [0.3, 0.4) is 0 Å². The van der Waals surface area contributed by atoms with Crippen LogP contribution in [0.2, 0.25) is 0 Å². The van der Waals surface area contributed by atoms with Gasteiger partial charge < -0.3 is 5.73 Å². The first kappa shape index (κ1) is 25.3. The van der Waals surface area contributed by atoms with Gasteiger partial charge in [0.2, 0.25) is 0 Å². The largest absolute Gasteiger partial charge is 0.397 e. The van der Waals surface area contributed by atoms with E-state index in [1.165, 1.54) is 0 Å². The molecule has 138 valence electrons. The molecule has 0 bridgehead atoms. The van der Waals surface area contributed by atoms with E-state index in [9.17, 15) is 0 Å². The molecular weight excluding hydrogens is 376 g/mol. The first-order valence-corrected chi connectivity index (χ1v) is 9.46. The van der Waals surface area contributed by atoms with Crippen LogP contribution < -0.4 is 5.73 Å². The third-order valence-electron chi connectivity index (χ3n) is 2.95. The number of nitrogens with two attached hydrogens (primary N) is 1. The molecule has 5 heteroatoms. The molecule has 0 fully saturated rings. The Labute approximate surface area is 161 Å². The molecule has 0 amide bonds. The third kappa shape index (κ3) is 12.1. The number of nitrogens with zero attached hydrogens (tertiary/aromatic N) is 3. The number of halogens is 1. The van der Waals surface area contributed by atoms with Crippen molar-refractivity contribution in [2.75, 3.05) is 5.73 Å². The Morgan fingerprint density at radius 2 is 1.76 bits per heavy atom. The Morgan fingerprint density at radius 1 is 1.12 bits per heavy atom. The molecule has 0 aromatic carbocycles. The molecule has 0 radical (unpaired) electrons. The Bertz CT molecular complexity index is 580. The van der Waals surface area contributed by atoms with Gasteiger partial charge in [-0.15, -0.1) is 0 Å². The van der Waals surface area contributed by atoms with E-state index in [0.717, 1.165) is 10.0 Å². The Hall–Kier alpha value is -1.93. The lowest BCUT2D eigenvalue weighted by atomic mass is 9.87. The molecule has 0 aliphatic heterocycles. The van der Waals surface area contributed by atoms with Crippen LogP contribution in [0.4, 0.5) is 5.69 Å². The molecule has 0 spiro atoms. The van der Waals surface area contributed by atoms with Crippen molar-refractivity contribution in [1.29, 1.82) is 5.26 Å². The van der Waals surface area contributed by atoms with Gasteiger partial charge >= 0.3 is 0 Å². The van der Waals surface area contributed by atoms with Crippen molar-refractivity contribution in [1.82, 2.24) is 9.97 Å². The molecule has 2 N–H and O–H groups in total. The zero-order chi connectivity index (χ0) is 19.7. The van der Waals surface area contributed by atoms with E-state index in [0.29, 0.717) is 18.0 Å². The minimum atomic E-state index is 0.282. The van der Waals surface area contributed by atoms with Crippen LogP contribution in [0.25, 0.3) is 0 Å². The van der Waals surface area contributed by atoms with Gasteiger partial charge in [0, 0.05) is 41.6 Å². The van der Waals surface area contributed by atoms with E-state index in [1.54, 1.807) is 30.7 Å². The Kier molecular flexibility index (Phi) is 17.1. The van der Waals surface area contributed by atoms with Gasteiger partial charge in [-0.3, -0.25) is 9.97 Å². The summed E-state index contributed by atoms with van der Waals surface area (Å²) in [5.41, 5.74) is 7.14. The van der Waals surface area contributed by atoms with Gasteiger partial charge in [-0.25, -0.2) is 0 Å². The van der Waals surface area contributed by atoms with Gasteiger partial charge in [-0.2, -0.15) is 5.26 Å². The number of hydrogen-bond acceptors (Lipinski definition) is 4. The standard InChI is InChI=1S/C11H13BrN2.C5H6N2.2C2H6/c1-8(2)11(3-4-13)9-5-10(12)7-14-6-9;6-5-2-1-3-7-4-5;2*1-2/h5-8,11H,3H2,1-2H3;1-4H,6H2;2*1-2H3. The van der Waals surface area contributed by atoms with Crippen LogP contribution in [-0.2, 0) is 0 Å². The number of aromatic nitrogens is 2. The molecule has 2 aromatic heterocycles. The summed E-state index contributed by atoms with van der Waals surface area (Å²) >= 11 is 3.39. The van der Waals surface area contributed by atoms with Crippen LogP contribution in [0.1, 0.15) is 59.4 Å². The summed E-state index contributed by atoms with van der Waals surface area (Å²) in [6, 6.07) is 7.86. The highest BCUT2D eigenvalue weighted by Crippen LogP contribution is 2.28. The van der Waals surface area contributed by atoms with Gasteiger partial charge in [0.05, 0.1) is 11.8 Å².